The lowest BCUT2D eigenvalue weighted by Crippen LogP contribution is -2.47. The molecule has 0 bridgehead atoms. The molecule has 1 fully saturated rings. The van der Waals surface area contributed by atoms with Crippen LogP contribution in [0.3, 0.4) is 0 Å². The SMILES string of the molecule is CC(CO)(CCSc1ccccc1)NC1CC1. The highest BCUT2D eigenvalue weighted by atomic mass is 32.2. The maximum atomic E-state index is 9.49. The van der Waals surface area contributed by atoms with Gasteiger partial charge in [-0.1, -0.05) is 18.2 Å². The van der Waals surface area contributed by atoms with Gasteiger partial charge in [0, 0.05) is 16.5 Å². The summed E-state index contributed by atoms with van der Waals surface area (Å²) in [6.07, 6.45) is 3.53. The van der Waals surface area contributed by atoms with Crippen LogP contribution in [0.5, 0.6) is 0 Å². The average molecular weight is 251 g/mol. The summed E-state index contributed by atoms with van der Waals surface area (Å²) in [5.74, 6) is 1.04. The van der Waals surface area contributed by atoms with Crippen molar-refractivity contribution in [3.8, 4) is 0 Å². The Balaban J connectivity index is 1.75. The van der Waals surface area contributed by atoms with E-state index in [1.165, 1.54) is 17.7 Å². The number of rotatable bonds is 7. The number of hydrogen-bond acceptors (Lipinski definition) is 3. The van der Waals surface area contributed by atoms with Crippen molar-refractivity contribution in [3.63, 3.8) is 0 Å². The summed E-state index contributed by atoms with van der Waals surface area (Å²) in [4.78, 5) is 1.30. The molecule has 17 heavy (non-hydrogen) atoms. The van der Waals surface area contributed by atoms with E-state index in [0.29, 0.717) is 6.04 Å². The van der Waals surface area contributed by atoms with E-state index in [-0.39, 0.29) is 12.1 Å². The Labute approximate surface area is 108 Å². The molecular formula is C14H21NOS. The second-order valence-electron chi connectivity index (χ2n) is 5.05. The van der Waals surface area contributed by atoms with E-state index in [4.69, 9.17) is 0 Å². The van der Waals surface area contributed by atoms with E-state index in [2.05, 4.69) is 36.5 Å². The van der Waals surface area contributed by atoms with Gasteiger partial charge in [-0.25, -0.2) is 0 Å². The van der Waals surface area contributed by atoms with Crippen LogP contribution in [0, 0.1) is 0 Å². The number of aliphatic hydroxyl groups is 1. The summed E-state index contributed by atoms with van der Waals surface area (Å²) in [7, 11) is 0. The van der Waals surface area contributed by atoms with Gasteiger partial charge in [0.2, 0.25) is 0 Å². The summed E-state index contributed by atoms with van der Waals surface area (Å²) < 4.78 is 0. The van der Waals surface area contributed by atoms with Crippen molar-refractivity contribution in [1.29, 1.82) is 0 Å². The lowest BCUT2D eigenvalue weighted by molar-refractivity contribution is 0.169. The van der Waals surface area contributed by atoms with Crippen LogP contribution in [-0.4, -0.2) is 29.0 Å². The second-order valence-corrected chi connectivity index (χ2v) is 6.22. The first kappa shape index (κ1) is 12.9. The molecule has 1 aromatic rings. The number of nitrogens with one attached hydrogen (secondary N) is 1. The molecule has 0 spiro atoms. The van der Waals surface area contributed by atoms with E-state index in [0.717, 1.165) is 12.2 Å². The molecule has 2 rings (SSSR count). The van der Waals surface area contributed by atoms with Crippen molar-refractivity contribution >= 4 is 11.8 Å². The smallest absolute Gasteiger partial charge is 0.0610 e. The number of thioether (sulfide) groups is 1. The third kappa shape index (κ3) is 4.34. The molecule has 1 saturated carbocycles. The maximum Gasteiger partial charge on any atom is 0.0610 e. The maximum absolute atomic E-state index is 9.49. The van der Waals surface area contributed by atoms with Gasteiger partial charge < -0.3 is 10.4 Å². The van der Waals surface area contributed by atoms with Crippen LogP contribution in [0.15, 0.2) is 35.2 Å². The summed E-state index contributed by atoms with van der Waals surface area (Å²) >= 11 is 1.86. The van der Waals surface area contributed by atoms with Crippen LogP contribution in [0.25, 0.3) is 0 Å². The Morgan fingerprint density at radius 3 is 2.65 bits per heavy atom. The van der Waals surface area contributed by atoms with Crippen LogP contribution >= 0.6 is 11.8 Å². The van der Waals surface area contributed by atoms with Crippen LogP contribution in [0.1, 0.15) is 26.2 Å². The second kappa shape index (κ2) is 5.89. The molecule has 1 unspecified atom stereocenters. The van der Waals surface area contributed by atoms with E-state index in [1.807, 2.05) is 17.8 Å². The number of benzene rings is 1. The highest BCUT2D eigenvalue weighted by molar-refractivity contribution is 7.99. The standard InChI is InChI=1S/C14H21NOS/c1-14(11-16,15-12-7-8-12)9-10-17-13-5-3-2-4-6-13/h2-6,12,15-16H,7-11H2,1H3. The van der Waals surface area contributed by atoms with Gasteiger partial charge in [-0.2, -0.15) is 0 Å². The number of hydrogen-bond donors (Lipinski definition) is 2. The molecule has 0 radical (unpaired) electrons. The van der Waals surface area contributed by atoms with Gasteiger partial charge in [-0.15, -0.1) is 11.8 Å². The minimum atomic E-state index is -0.108. The van der Waals surface area contributed by atoms with Gasteiger partial charge in [0.1, 0.15) is 0 Å². The Morgan fingerprint density at radius 1 is 1.35 bits per heavy atom. The Kier molecular flexibility index (Phi) is 4.48. The fraction of sp³-hybridized carbons (Fsp3) is 0.571. The molecule has 3 heteroatoms. The highest BCUT2D eigenvalue weighted by Crippen LogP contribution is 2.26. The molecular weight excluding hydrogens is 230 g/mol. The minimum Gasteiger partial charge on any atom is -0.394 e. The zero-order chi connectivity index (χ0) is 12.1. The van der Waals surface area contributed by atoms with E-state index in [9.17, 15) is 5.11 Å². The third-order valence-electron chi connectivity index (χ3n) is 3.14. The molecule has 0 amide bonds. The Morgan fingerprint density at radius 2 is 2.06 bits per heavy atom. The van der Waals surface area contributed by atoms with E-state index in [1.54, 1.807) is 0 Å². The van der Waals surface area contributed by atoms with Crippen LogP contribution in [-0.2, 0) is 0 Å². The molecule has 1 aliphatic rings. The molecule has 2 nitrogen and oxygen atoms in total. The van der Waals surface area contributed by atoms with Crippen LogP contribution in [0.2, 0.25) is 0 Å². The fourth-order valence-electron chi connectivity index (χ4n) is 1.83. The summed E-state index contributed by atoms with van der Waals surface area (Å²) in [6.45, 7) is 2.34. The average Bonchev–Trinajstić information content (AvgIpc) is 3.14. The van der Waals surface area contributed by atoms with Crippen LogP contribution < -0.4 is 5.32 Å². The van der Waals surface area contributed by atoms with E-state index < -0.39 is 0 Å². The predicted molar refractivity (Wildman–Crippen MR) is 73.4 cm³/mol. The van der Waals surface area contributed by atoms with Crippen molar-refractivity contribution in [2.75, 3.05) is 12.4 Å². The van der Waals surface area contributed by atoms with Crippen molar-refractivity contribution in [1.82, 2.24) is 5.32 Å². The molecule has 1 aromatic carbocycles. The number of aliphatic hydroxyl groups excluding tert-OH is 1. The summed E-state index contributed by atoms with van der Waals surface area (Å²) in [5, 5.41) is 13.0. The normalized spacial score (nSPS) is 18.9. The van der Waals surface area contributed by atoms with Gasteiger partial charge in [0.05, 0.1) is 6.61 Å². The van der Waals surface area contributed by atoms with Gasteiger partial charge in [-0.3, -0.25) is 0 Å². The van der Waals surface area contributed by atoms with E-state index >= 15 is 0 Å². The predicted octanol–water partition coefficient (Wildman–Crippen LogP) is 2.67. The molecule has 1 atom stereocenters. The topological polar surface area (TPSA) is 32.3 Å². The first-order valence-electron chi connectivity index (χ1n) is 6.28. The van der Waals surface area contributed by atoms with Gasteiger partial charge in [-0.05, 0) is 44.1 Å². The lowest BCUT2D eigenvalue weighted by atomic mass is 10.0. The molecule has 0 aromatic heterocycles. The Hall–Kier alpha value is -0.510. The fourth-order valence-corrected chi connectivity index (χ4v) is 2.97. The third-order valence-corrected chi connectivity index (χ3v) is 4.16. The molecule has 0 aliphatic heterocycles. The summed E-state index contributed by atoms with van der Waals surface area (Å²) in [5.41, 5.74) is -0.108. The largest absolute Gasteiger partial charge is 0.394 e. The molecule has 94 valence electrons. The highest BCUT2D eigenvalue weighted by Gasteiger charge is 2.31. The van der Waals surface area contributed by atoms with Crippen molar-refractivity contribution < 1.29 is 5.11 Å². The van der Waals surface area contributed by atoms with Crippen LogP contribution in [0.4, 0.5) is 0 Å². The molecule has 0 heterocycles. The molecule has 1 aliphatic carbocycles. The van der Waals surface area contributed by atoms with Gasteiger partial charge >= 0.3 is 0 Å². The summed E-state index contributed by atoms with van der Waals surface area (Å²) in [6, 6.07) is 11.1. The van der Waals surface area contributed by atoms with Crippen molar-refractivity contribution in [2.24, 2.45) is 0 Å². The quantitative estimate of drug-likeness (QED) is 0.731. The Bertz CT molecular complexity index is 339. The lowest BCUT2D eigenvalue weighted by Gasteiger charge is -2.28. The first-order chi connectivity index (χ1) is 8.22. The zero-order valence-corrected chi connectivity index (χ0v) is 11.2. The van der Waals surface area contributed by atoms with Crippen molar-refractivity contribution in [2.45, 2.75) is 42.7 Å². The van der Waals surface area contributed by atoms with Crippen molar-refractivity contribution in [3.05, 3.63) is 30.3 Å². The molecule has 0 saturated heterocycles. The zero-order valence-electron chi connectivity index (χ0n) is 10.4. The van der Waals surface area contributed by atoms with Gasteiger partial charge in [0.25, 0.3) is 0 Å². The first-order valence-corrected chi connectivity index (χ1v) is 7.27. The van der Waals surface area contributed by atoms with Gasteiger partial charge in [0.15, 0.2) is 0 Å². The molecule has 2 N–H and O–H groups in total. The minimum absolute atomic E-state index is 0.108. The monoisotopic (exact) mass is 251 g/mol.